The van der Waals surface area contributed by atoms with Crippen molar-refractivity contribution in [1.82, 2.24) is 41.4 Å². The zero-order chi connectivity index (χ0) is 57.4. The third-order valence-electron chi connectivity index (χ3n) is 12.4. The van der Waals surface area contributed by atoms with Gasteiger partial charge in [-0.3, -0.25) is 48.2 Å². The minimum Gasteiger partial charge on any atom is -0.445 e. The molecule has 3 heterocycles. The van der Waals surface area contributed by atoms with Gasteiger partial charge in [0.2, 0.25) is 29.5 Å². The number of carbonyl (C=O) groups excluding carboxylic acids is 10. The second-order valence-corrected chi connectivity index (χ2v) is 19.2. The lowest BCUT2D eigenvalue weighted by atomic mass is 10.0. The normalized spacial score (nSPS) is 13.4. The quantitative estimate of drug-likeness (QED) is 0.0353. The SMILES string of the molecule is CCCN(CCC)C(=O)C1=Cc2ccc(C(=O)Nc3cncc(CNC(=O)CNC(=O)OCc4ccc(NC(=O)[C@H](CCCNC(N)=O)NC(=O)C(NC(=O)CCCCCN5C(=O)C=CC5=O)C(C)C)cc4)c3)cc2N=C(N)C1. The third kappa shape index (κ3) is 19.8. The Labute approximate surface area is 458 Å². The first kappa shape index (κ1) is 60.9. The molecule has 0 saturated heterocycles. The van der Waals surface area contributed by atoms with E-state index in [2.05, 4.69) is 47.2 Å². The average molecular weight is 1090 g/mol. The molecular formula is C55H71N13O11. The molecule has 79 heavy (non-hydrogen) atoms. The molecule has 2 aliphatic rings. The number of nitrogens with zero attached hydrogens (tertiary/aromatic N) is 4. The summed E-state index contributed by atoms with van der Waals surface area (Å²) >= 11 is 0. The first-order valence-corrected chi connectivity index (χ1v) is 26.3. The molecule has 24 nitrogen and oxygen atoms in total. The Morgan fingerprint density at radius 2 is 1.49 bits per heavy atom. The fourth-order valence-electron chi connectivity index (χ4n) is 8.32. The molecule has 1 unspecified atom stereocenters. The molecule has 2 aromatic carbocycles. The molecule has 2 atom stereocenters. The van der Waals surface area contributed by atoms with E-state index < -0.39 is 54.4 Å². The van der Waals surface area contributed by atoms with Gasteiger partial charge in [-0.25, -0.2) is 14.6 Å². The van der Waals surface area contributed by atoms with Crippen LogP contribution >= 0.6 is 0 Å². The van der Waals surface area contributed by atoms with Crippen molar-refractivity contribution in [2.45, 2.75) is 111 Å². The van der Waals surface area contributed by atoms with E-state index in [0.29, 0.717) is 77.2 Å². The van der Waals surface area contributed by atoms with E-state index in [1.54, 1.807) is 68.5 Å². The van der Waals surface area contributed by atoms with Gasteiger partial charge in [-0.15, -0.1) is 0 Å². The molecule has 11 N–H and O–H groups in total. The smallest absolute Gasteiger partial charge is 0.407 e. The summed E-state index contributed by atoms with van der Waals surface area (Å²) in [6.45, 7) is 8.60. The number of amidine groups is 1. The summed E-state index contributed by atoms with van der Waals surface area (Å²) in [5, 5.41) is 18.5. The van der Waals surface area contributed by atoms with Crippen molar-refractivity contribution < 1.29 is 52.7 Å². The molecule has 2 aliphatic heterocycles. The number of carbonyl (C=O) groups is 10. The Hall–Kier alpha value is -8.96. The highest BCUT2D eigenvalue weighted by molar-refractivity contribution is 6.13. The fourth-order valence-corrected chi connectivity index (χ4v) is 8.32. The van der Waals surface area contributed by atoms with Gasteiger partial charge in [0.1, 0.15) is 31.1 Å². The van der Waals surface area contributed by atoms with Gasteiger partial charge in [0.05, 0.1) is 17.6 Å². The number of rotatable bonds is 29. The number of aliphatic imine (C=N–C) groups is 1. The van der Waals surface area contributed by atoms with E-state index in [1.807, 2.05) is 18.7 Å². The molecule has 0 aliphatic carbocycles. The second-order valence-electron chi connectivity index (χ2n) is 19.2. The number of amides is 11. The van der Waals surface area contributed by atoms with Gasteiger partial charge in [-0.05, 0) is 92.0 Å². The summed E-state index contributed by atoms with van der Waals surface area (Å²) in [5.74, 6) is -3.46. The molecular weight excluding hydrogens is 1020 g/mol. The molecule has 5 rings (SSSR count). The maximum Gasteiger partial charge on any atom is 0.407 e. The van der Waals surface area contributed by atoms with Crippen LogP contribution in [0.1, 0.15) is 113 Å². The van der Waals surface area contributed by atoms with Crippen molar-refractivity contribution >= 4 is 88.4 Å². The number of hydrogen-bond acceptors (Lipinski definition) is 14. The van der Waals surface area contributed by atoms with E-state index >= 15 is 0 Å². The van der Waals surface area contributed by atoms with Crippen LogP contribution in [0.4, 0.5) is 26.7 Å². The number of hydrogen-bond donors (Lipinski definition) is 9. The maximum atomic E-state index is 13.6. The third-order valence-corrected chi connectivity index (χ3v) is 12.4. The van der Waals surface area contributed by atoms with E-state index in [9.17, 15) is 47.9 Å². The molecule has 11 amide bonds. The largest absolute Gasteiger partial charge is 0.445 e. The number of benzene rings is 2. The topological polar surface area (TPSA) is 348 Å². The Bertz CT molecular complexity index is 2790. The van der Waals surface area contributed by atoms with Crippen molar-refractivity contribution in [3.8, 4) is 0 Å². The maximum absolute atomic E-state index is 13.6. The van der Waals surface area contributed by atoms with Crippen LogP contribution in [0.5, 0.6) is 0 Å². The van der Waals surface area contributed by atoms with Gasteiger partial charge in [-0.1, -0.05) is 52.3 Å². The standard InChI is InChI=1S/C55H71N13O11/c1-5-22-67(23-6-2)53(76)39-26-37-15-16-38(27-43(37)64-44(56)28-39)50(73)63-41-25-36(29-58-31-41)30-60-46(70)32-61-55(78)79-33-35-13-17-40(18-14-35)62-51(74)42(11-10-21-59-54(57)77)65-52(75)49(34(3)4)66-45(69)12-8-7-9-24-68-47(71)19-20-48(68)72/h13-20,25-27,29,31,34,42,49H,5-12,21-24,28,30,32-33H2,1-4H3,(H2,56,64)(H,60,70)(H,61,78)(H,62,74)(H,63,73)(H,65,75)(H,66,69)(H3,57,59,77)/t42-,49?/m0/s1. The zero-order valence-corrected chi connectivity index (χ0v) is 45.0. The number of pyridine rings is 1. The Balaban J connectivity index is 1.04. The number of urea groups is 1. The predicted octanol–water partition coefficient (Wildman–Crippen LogP) is 3.80. The molecule has 0 spiro atoms. The fraction of sp³-hybridized carbons (Fsp3) is 0.418. The number of anilines is 2. The van der Waals surface area contributed by atoms with Gasteiger partial charge < -0.3 is 58.3 Å². The molecule has 0 radical (unpaired) electrons. The van der Waals surface area contributed by atoms with Crippen molar-refractivity contribution in [3.63, 3.8) is 0 Å². The van der Waals surface area contributed by atoms with Crippen LogP contribution in [0, 0.1) is 5.92 Å². The van der Waals surface area contributed by atoms with Crippen LogP contribution in [0.2, 0.25) is 0 Å². The van der Waals surface area contributed by atoms with E-state index in [1.165, 1.54) is 24.5 Å². The molecule has 0 fully saturated rings. The van der Waals surface area contributed by atoms with E-state index in [-0.39, 0.29) is 87.3 Å². The first-order valence-electron chi connectivity index (χ1n) is 26.3. The van der Waals surface area contributed by atoms with Gasteiger partial charge in [0, 0.05) is 86.3 Å². The van der Waals surface area contributed by atoms with E-state index in [4.69, 9.17) is 16.2 Å². The lowest BCUT2D eigenvalue weighted by Crippen LogP contribution is -2.54. The number of primary amides is 1. The zero-order valence-electron chi connectivity index (χ0n) is 45.0. The van der Waals surface area contributed by atoms with Crippen LogP contribution in [0.15, 0.2) is 83.6 Å². The molecule has 0 bridgehead atoms. The summed E-state index contributed by atoms with van der Waals surface area (Å²) in [4.78, 5) is 138. The summed E-state index contributed by atoms with van der Waals surface area (Å²) < 4.78 is 5.27. The van der Waals surface area contributed by atoms with Crippen molar-refractivity contribution in [1.29, 1.82) is 0 Å². The van der Waals surface area contributed by atoms with Gasteiger partial charge in [0.15, 0.2) is 0 Å². The van der Waals surface area contributed by atoms with Crippen LogP contribution in [-0.4, -0.2) is 125 Å². The van der Waals surface area contributed by atoms with Crippen molar-refractivity contribution in [2.75, 3.05) is 43.4 Å². The minimum atomic E-state index is -1.08. The molecule has 24 heteroatoms. The molecule has 3 aromatic rings. The van der Waals surface area contributed by atoms with Crippen molar-refractivity contribution in [3.05, 3.63) is 101 Å². The molecule has 0 saturated carbocycles. The van der Waals surface area contributed by atoms with Crippen LogP contribution in [-0.2, 0) is 51.5 Å². The molecule has 1 aromatic heterocycles. The minimum absolute atomic E-state index is 0.0248. The molecule has 422 valence electrons. The first-order chi connectivity index (χ1) is 37.8. The van der Waals surface area contributed by atoms with Gasteiger partial charge in [-0.2, -0.15) is 0 Å². The number of ether oxygens (including phenoxy) is 1. The lowest BCUT2D eigenvalue weighted by molar-refractivity contribution is -0.137. The lowest BCUT2D eigenvalue weighted by Gasteiger charge is -2.25. The average Bonchev–Trinajstić information content (AvgIpc) is 3.66. The summed E-state index contributed by atoms with van der Waals surface area (Å²) in [6.07, 6.45) is 10.1. The monoisotopic (exact) mass is 1090 g/mol. The van der Waals surface area contributed by atoms with Crippen LogP contribution in [0.3, 0.4) is 0 Å². The van der Waals surface area contributed by atoms with Gasteiger partial charge >= 0.3 is 12.1 Å². The number of fused-ring (bicyclic) bond motifs is 1. The van der Waals surface area contributed by atoms with Crippen molar-refractivity contribution in [2.24, 2.45) is 22.4 Å². The van der Waals surface area contributed by atoms with E-state index in [0.717, 1.165) is 17.7 Å². The highest BCUT2D eigenvalue weighted by atomic mass is 16.5. The summed E-state index contributed by atoms with van der Waals surface area (Å²) in [5.41, 5.74) is 15.2. The summed E-state index contributed by atoms with van der Waals surface area (Å²) in [7, 11) is 0. The number of aromatic nitrogens is 1. The number of nitrogens with two attached hydrogens (primary N) is 2. The highest BCUT2D eigenvalue weighted by Crippen LogP contribution is 2.29. The van der Waals surface area contributed by atoms with Crippen LogP contribution in [0.25, 0.3) is 6.08 Å². The Morgan fingerprint density at radius 1 is 0.772 bits per heavy atom. The van der Waals surface area contributed by atoms with Gasteiger partial charge in [0.25, 0.3) is 17.7 Å². The number of nitrogens with one attached hydrogen (secondary N) is 7. The number of alkyl carbamates (subject to hydrolysis) is 1. The summed E-state index contributed by atoms with van der Waals surface area (Å²) in [6, 6.07) is 10.1. The Morgan fingerprint density at radius 3 is 2.18 bits per heavy atom. The highest BCUT2D eigenvalue weighted by Gasteiger charge is 2.29. The number of unbranched alkanes of at least 4 members (excludes halogenated alkanes) is 2. The predicted molar refractivity (Wildman–Crippen MR) is 295 cm³/mol. The van der Waals surface area contributed by atoms with Crippen LogP contribution < -0.4 is 48.7 Å². The Kier molecular flexibility index (Phi) is 23.7. The second kappa shape index (κ2) is 30.7. The number of imide groups is 1.